The van der Waals surface area contributed by atoms with Crippen molar-refractivity contribution in [3.63, 3.8) is 0 Å². The summed E-state index contributed by atoms with van der Waals surface area (Å²) in [6, 6.07) is 11.5. The predicted molar refractivity (Wildman–Crippen MR) is 82.7 cm³/mol. The summed E-state index contributed by atoms with van der Waals surface area (Å²) in [5.41, 5.74) is 1.84. The Hall–Kier alpha value is -2.53. The number of pyridine rings is 1. The number of thiazole rings is 1. The van der Waals surface area contributed by atoms with Crippen LogP contribution in [0.25, 0.3) is 16.3 Å². The Morgan fingerprint density at radius 2 is 2.00 bits per heavy atom. The van der Waals surface area contributed by atoms with Crippen molar-refractivity contribution in [2.24, 2.45) is 0 Å². The van der Waals surface area contributed by atoms with Crippen molar-refractivity contribution in [3.8, 4) is 0 Å². The van der Waals surface area contributed by atoms with Crippen LogP contribution < -0.4 is 0 Å². The second-order valence-corrected chi connectivity index (χ2v) is 5.41. The number of aromatic nitrogens is 2. The van der Waals surface area contributed by atoms with Gasteiger partial charge in [-0.3, -0.25) is 4.98 Å². The Balaban J connectivity index is 1.59. The van der Waals surface area contributed by atoms with E-state index in [1.807, 2.05) is 36.4 Å². The van der Waals surface area contributed by atoms with Crippen LogP contribution in [0, 0.1) is 0 Å². The van der Waals surface area contributed by atoms with E-state index >= 15 is 0 Å². The van der Waals surface area contributed by atoms with Crippen LogP contribution in [0.3, 0.4) is 0 Å². The average Bonchev–Trinajstić information content (AvgIpc) is 2.95. The van der Waals surface area contributed by atoms with E-state index in [1.54, 1.807) is 18.5 Å². The third-order valence-corrected chi connectivity index (χ3v) is 3.80. The summed E-state index contributed by atoms with van der Waals surface area (Å²) in [5.74, 6) is -0.383. The van der Waals surface area contributed by atoms with E-state index in [0.717, 1.165) is 20.8 Å². The van der Waals surface area contributed by atoms with Crippen molar-refractivity contribution < 1.29 is 9.53 Å². The van der Waals surface area contributed by atoms with Crippen LogP contribution in [-0.2, 0) is 16.1 Å². The van der Waals surface area contributed by atoms with Crippen molar-refractivity contribution >= 4 is 33.6 Å². The zero-order chi connectivity index (χ0) is 14.5. The van der Waals surface area contributed by atoms with Gasteiger partial charge in [0.2, 0.25) is 0 Å². The number of carbonyl (C=O) groups excluding carboxylic acids is 1. The monoisotopic (exact) mass is 296 g/mol. The second-order valence-electron chi connectivity index (χ2n) is 4.30. The number of esters is 1. The molecule has 0 atom stereocenters. The van der Waals surface area contributed by atoms with Crippen LogP contribution in [-0.4, -0.2) is 15.9 Å². The number of carbonyl (C=O) groups is 1. The Labute approximate surface area is 125 Å². The smallest absolute Gasteiger partial charge is 0.331 e. The summed E-state index contributed by atoms with van der Waals surface area (Å²) in [6.45, 7) is 0.193. The Bertz CT molecular complexity index is 748. The molecule has 0 aliphatic carbocycles. The van der Waals surface area contributed by atoms with Gasteiger partial charge in [0.25, 0.3) is 0 Å². The van der Waals surface area contributed by atoms with E-state index in [1.165, 1.54) is 17.4 Å². The molecule has 0 amide bonds. The molecule has 3 aromatic rings. The van der Waals surface area contributed by atoms with Crippen LogP contribution in [0.1, 0.15) is 10.6 Å². The first-order valence-corrected chi connectivity index (χ1v) is 7.22. The molecule has 5 heteroatoms. The van der Waals surface area contributed by atoms with Crippen LogP contribution in [0.15, 0.2) is 54.9 Å². The van der Waals surface area contributed by atoms with Crippen molar-refractivity contribution in [3.05, 3.63) is 65.4 Å². The lowest BCUT2D eigenvalue weighted by atomic mass is 10.2. The van der Waals surface area contributed by atoms with Crippen LogP contribution in [0.4, 0.5) is 0 Å². The van der Waals surface area contributed by atoms with Gasteiger partial charge in [-0.1, -0.05) is 12.1 Å². The lowest BCUT2D eigenvalue weighted by Gasteiger charge is -1.97. The van der Waals surface area contributed by atoms with Gasteiger partial charge in [-0.2, -0.15) is 0 Å². The minimum absolute atomic E-state index is 0.193. The fraction of sp³-hybridized carbons (Fsp3) is 0.0625. The maximum atomic E-state index is 11.7. The molecule has 1 aromatic carbocycles. The van der Waals surface area contributed by atoms with Gasteiger partial charge in [0.05, 0.1) is 10.2 Å². The van der Waals surface area contributed by atoms with E-state index in [2.05, 4.69) is 9.97 Å². The van der Waals surface area contributed by atoms with E-state index in [4.69, 9.17) is 4.74 Å². The molecule has 0 spiro atoms. The average molecular weight is 296 g/mol. The molecule has 0 fully saturated rings. The third kappa shape index (κ3) is 3.52. The van der Waals surface area contributed by atoms with Gasteiger partial charge in [-0.15, -0.1) is 11.3 Å². The molecule has 2 heterocycles. The standard InChI is InChI=1S/C16H12N2O2S/c19-16(6-5-12-7-9-17-10-8-12)20-11-15-18-13-3-1-2-4-14(13)21-15/h1-10H,11H2. The zero-order valence-electron chi connectivity index (χ0n) is 11.1. The summed E-state index contributed by atoms with van der Waals surface area (Å²) in [4.78, 5) is 20.0. The number of hydrogen-bond acceptors (Lipinski definition) is 5. The van der Waals surface area contributed by atoms with E-state index in [0.29, 0.717) is 0 Å². The summed E-state index contributed by atoms with van der Waals surface area (Å²) in [6.07, 6.45) is 6.45. The van der Waals surface area contributed by atoms with Gasteiger partial charge in [0, 0.05) is 18.5 Å². The minimum Gasteiger partial charge on any atom is -0.455 e. The first kappa shape index (κ1) is 13.5. The van der Waals surface area contributed by atoms with Gasteiger partial charge in [-0.25, -0.2) is 9.78 Å². The van der Waals surface area contributed by atoms with Crippen LogP contribution >= 0.6 is 11.3 Å². The molecule has 0 N–H and O–H groups in total. The molecule has 0 aliphatic rings. The second kappa shape index (κ2) is 6.28. The number of benzene rings is 1. The maximum Gasteiger partial charge on any atom is 0.331 e. The third-order valence-electron chi connectivity index (χ3n) is 2.79. The molecule has 0 radical (unpaired) electrons. The highest BCUT2D eigenvalue weighted by molar-refractivity contribution is 7.18. The van der Waals surface area contributed by atoms with E-state index < -0.39 is 0 Å². The van der Waals surface area contributed by atoms with Crippen molar-refractivity contribution in [2.75, 3.05) is 0 Å². The molecule has 0 unspecified atom stereocenters. The van der Waals surface area contributed by atoms with E-state index in [9.17, 15) is 4.79 Å². The molecule has 3 rings (SSSR count). The molecular weight excluding hydrogens is 284 g/mol. The highest BCUT2D eigenvalue weighted by atomic mass is 32.1. The first-order valence-electron chi connectivity index (χ1n) is 6.40. The number of ether oxygens (including phenoxy) is 1. The Morgan fingerprint density at radius 1 is 1.19 bits per heavy atom. The van der Waals surface area contributed by atoms with Crippen molar-refractivity contribution in [1.82, 2.24) is 9.97 Å². The Morgan fingerprint density at radius 3 is 2.81 bits per heavy atom. The van der Waals surface area contributed by atoms with Gasteiger partial charge < -0.3 is 4.74 Å². The highest BCUT2D eigenvalue weighted by Gasteiger charge is 2.05. The largest absolute Gasteiger partial charge is 0.455 e. The topological polar surface area (TPSA) is 52.1 Å². The zero-order valence-corrected chi connectivity index (χ0v) is 11.9. The van der Waals surface area contributed by atoms with Crippen molar-refractivity contribution in [1.29, 1.82) is 0 Å². The molecule has 104 valence electrons. The number of para-hydroxylation sites is 1. The highest BCUT2D eigenvalue weighted by Crippen LogP contribution is 2.21. The van der Waals surface area contributed by atoms with Gasteiger partial charge in [0.1, 0.15) is 11.6 Å². The predicted octanol–water partition coefficient (Wildman–Crippen LogP) is 3.45. The van der Waals surface area contributed by atoms with Gasteiger partial charge in [0.15, 0.2) is 0 Å². The SMILES string of the molecule is O=C(C=Cc1ccncc1)OCc1nc2ccccc2s1. The van der Waals surface area contributed by atoms with Crippen molar-refractivity contribution in [2.45, 2.75) is 6.61 Å². The van der Waals surface area contributed by atoms with Crippen LogP contribution in [0.5, 0.6) is 0 Å². The molecular formula is C16H12N2O2S. The fourth-order valence-corrected chi connectivity index (χ4v) is 2.68. The molecule has 0 bridgehead atoms. The molecule has 21 heavy (non-hydrogen) atoms. The Kier molecular flexibility index (Phi) is 4.02. The molecule has 0 aliphatic heterocycles. The fourth-order valence-electron chi connectivity index (χ4n) is 1.80. The first-order chi connectivity index (χ1) is 10.3. The number of fused-ring (bicyclic) bond motifs is 1. The lowest BCUT2D eigenvalue weighted by Crippen LogP contribution is -2.00. The molecule has 4 nitrogen and oxygen atoms in total. The van der Waals surface area contributed by atoms with Gasteiger partial charge >= 0.3 is 5.97 Å². The normalized spacial score (nSPS) is 11.0. The number of rotatable bonds is 4. The van der Waals surface area contributed by atoms with Crippen LogP contribution in [0.2, 0.25) is 0 Å². The lowest BCUT2D eigenvalue weighted by molar-refractivity contribution is -0.138. The maximum absolute atomic E-state index is 11.7. The summed E-state index contributed by atoms with van der Waals surface area (Å²) >= 11 is 1.53. The minimum atomic E-state index is -0.383. The molecule has 0 saturated carbocycles. The number of nitrogens with zero attached hydrogens (tertiary/aromatic N) is 2. The number of hydrogen-bond donors (Lipinski definition) is 0. The molecule has 0 saturated heterocycles. The van der Waals surface area contributed by atoms with E-state index in [-0.39, 0.29) is 12.6 Å². The quantitative estimate of drug-likeness (QED) is 0.546. The molecule has 2 aromatic heterocycles. The summed E-state index contributed by atoms with van der Waals surface area (Å²) < 4.78 is 6.28. The summed E-state index contributed by atoms with van der Waals surface area (Å²) in [5, 5.41) is 0.793. The summed E-state index contributed by atoms with van der Waals surface area (Å²) in [7, 11) is 0. The van der Waals surface area contributed by atoms with Gasteiger partial charge in [-0.05, 0) is 35.9 Å².